The van der Waals surface area contributed by atoms with E-state index < -0.39 is 6.10 Å². The Bertz CT molecular complexity index is 307. The van der Waals surface area contributed by atoms with Crippen molar-refractivity contribution in [1.29, 1.82) is 0 Å². The molecule has 0 saturated heterocycles. The molecule has 0 aliphatic rings. The van der Waals surface area contributed by atoms with Gasteiger partial charge in [-0.25, -0.2) is 0 Å². The Morgan fingerprint density at radius 3 is 1.67 bits per heavy atom. The number of rotatable bonds is 21. The topological polar surface area (TPSA) is 55.8 Å². The molecule has 4 heteroatoms. The molecule has 4 nitrogen and oxygen atoms in total. The van der Waals surface area contributed by atoms with Gasteiger partial charge in [0.15, 0.2) is 0 Å². The van der Waals surface area contributed by atoms with Gasteiger partial charge in [0.25, 0.3) is 0 Å². The van der Waals surface area contributed by atoms with E-state index in [4.69, 9.17) is 9.47 Å². The van der Waals surface area contributed by atoms with Gasteiger partial charge in [-0.3, -0.25) is 4.79 Å². The van der Waals surface area contributed by atoms with E-state index in [0.29, 0.717) is 19.6 Å². The van der Waals surface area contributed by atoms with Crippen LogP contribution in [0, 0.1) is 0 Å². The molecule has 1 N–H and O–H groups in total. The molecule has 0 amide bonds. The molecule has 0 aliphatic heterocycles. The second-order valence-corrected chi connectivity index (χ2v) is 7.72. The molecular weight excluding hydrogens is 340 g/mol. The number of unbranched alkanes of at least 4 members (excludes halogenated alkanes) is 13. The van der Waals surface area contributed by atoms with E-state index in [9.17, 15) is 9.90 Å². The summed E-state index contributed by atoms with van der Waals surface area (Å²) in [5.74, 6) is -0.253. The van der Waals surface area contributed by atoms with Crippen molar-refractivity contribution in [1.82, 2.24) is 0 Å². The van der Waals surface area contributed by atoms with Gasteiger partial charge in [-0.2, -0.15) is 0 Å². The SMILES string of the molecule is CCCCCCCCCCCCCCCCOCC(CO)OC(=O)CCC. The van der Waals surface area contributed by atoms with Crippen molar-refractivity contribution in [2.75, 3.05) is 19.8 Å². The fourth-order valence-corrected chi connectivity index (χ4v) is 3.19. The fourth-order valence-electron chi connectivity index (χ4n) is 3.19. The normalized spacial score (nSPS) is 12.3. The van der Waals surface area contributed by atoms with Gasteiger partial charge in [-0.05, 0) is 12.8 Å². The summed E-state index contributed by atoms with van der Waals surface area (Å²) in [5.41, 5.74) is 0. The van der Waals surface area contributed by atoms with E-state index in [1.165, 1.54) is 83.5 Å². The maximum absolute atomic E-state index is 11.4. The molecule has 0 fully saturated rings. The largest absolute Gasteiger partial charge is 0.457 e. The van der Waals surface area contributed by atoms with Crippen LogP contribution in [-0.2, 0) is 14.3 Å². The van der Waals surface area contributed by atoms with Crippen LogP contribution in [-0.4, -0.2) is 37.0 Å². The van der Waals surface area contributed by atoms with Crippen LogP contribution in [0.4, 0.5) is 0 Å². The summed E-state index contributed by atoms with van der Waals surface area (Å²) < 4.78 is 10.7. The number of aliphatic hydroxyl groups excluding tert-OH is 1. The maximum atomic E-state index is 11.4. The Labute approximate surface area is 168 Å². The molecule has 0 aliphatic carbocycles. The molecule has 162 valence electrons. The lowest BCUT2D eigenvalue weighted by Gasteiger charge is -2.15. The minimum absolute atomic E-state index is 0.172. The quantitative estimate of drug-likeness (QED) is 0.189. The Kier molecular flexibility index (Phi) is 21.2. The van der Waals surface area contributed by atoms with Crippen molar-refractivity contribution in [2.24, 2.45) is 0 Å². The Morgan fingerprint density at radius 2 is 1.22 bits per heavy atom. The van der Waals surface area contributed by atoms with Gasteiger partial charge in [0.2, 0.25) is 0 Å². The smallest absolute Gasteiger partial charge is 0.306 e. The zero-order valence-electron chi connectivity index (χ0n) is 18.2. The Hall–Kier alpha value is -0.610. The van der Waals surface area contributed by atoms with E-state index in [2.05, 4.69) is 6.92 Å². The van der Waals surface area contributed by atoms with Gasteiger partial charge in [0.05, 0.1) is 13.2 Å². The average molecular weight is 387 g/mol. The van der Waals surface area contributed by atoms with Crippen molar-refractivity contribution >= 4 is 5.97 Å². The monoisotopic (exact) mass is 386 g/mol. The highest BCUT2D eigenvalue weighted by Crippen LogP contribution is 2.13. The van der Waals surface area contributed by atoms with E-state index in [1.54, 1.807) is 0 Å². The third-order valence-electron chi connectivity index (χ3n) is 4.90. The number of hydrogen-bond donors (Lipinski definition) is 1. The van der Waals surface area contributed by atoms with Crippen molar-refractivity contribution in [3.05, 3.63) is 0 Å². The van der Waals surface area contributed by atoms with E-state index >= 15 is 0 Å². The predicted octanol–water partition coefficient (Wildman–Crippen LogP) is 6.19. The number of ether oxygens (including phenoxy) is 2. The summed E-state index contributed by atoms with van der Waals surface area (Å²) in [6, 6.07) is 0. The van der Waals surface area contributed by atoms with Gasteiger partial charge in [-0.1, -0.05) is 97.3 Å². The highest BCUT2D eigenvalue weighted by atomic mass is 16.6. The van der Waals surface area contributed by atoms with Crippen molar-refractivity contribution in [3.8, 4) is 0 Å². The molecule has 0 aromatic carbocycles. The molecule has 0 saturated carbocycles. The van der Waals surface area contributed by atoms with Gasteiger partial charge in [0.1, 0.15) is 6.10 Å². The number of esters is 1. The van der Waals surface area contributed by atoms with Crippen LogP contribution in [0.5, 0.6) is 0 Å². The molecule has 0 rings (SSSR count). The highest BCUT2D eigenvalue weighted by Gasteiger charge is 2.12. The lowest BCUT2D eigenvalue weighted by Crippen LogP contribution is -2.27. The molecule has 0 bridgehead atoms. The van der Waals surface area contributed by atoms with Crippen molar-refractivity contribution in [3.63, 3.8) is 0 Å². The van der Waals surface area contributed by atoms with E-state index in [0.717, 1.165) is 12.8 Å². The molecule has 1 atom stereocenters. The standard InChI is InChI=1S/C23H46O4/c1-3-5-6-7-8-9-10-11-12-13-14-15-16-17-19-26-21-22(20-24)27-23(25)18-4-2/h22,24H,3-21H2,1-2H3. The van der Waals surface area contributed by atoms with Crippen LogP contribution in [0.15, 0.2) is 0 Å². The van der Waals surface area contributed by atoms with Crippen LogP contribution in [0.25, 0.3) is 0 Å². The third kappa shape index (κ3) is 19.9. The van der Waals surface area contributed by atoms with Crippen LogP contribution < -0.4 is 0 Å². The summed E-state index contributed by atoms with van der Waals surface area (Å²) in [5, 5.41) is 9.21. The number of carbonyl (C=O) groups is 1. The van der Waals surface area contributed by atoms with Crippen molar-refractivity contribution < 1.29 is 19.4 Å². The van der Waals surface area contributed by atoms with Gasteiger partial charge < -0.3 is 14.6 Å². The molecule has 1 unspecified atom stereocenters. The van der Waals surface area contributed by atoms with Gasteiger partial charge in [0, 0.05) is 13.0 Å². The van der Waals surface area contributed by atoms with Crippen LogP contribution in [0.3, 0.4) is 0 Å². The minimum Gasteiger partial charge on any atom is -0.457 e. The van der Waals surface area contributed by atoms with Crippen LogP contribution in [0.2, 0.25) is 0 Å². The molecule has 0 radical (unpaired) electrons. The van der Waals surface area contributed by atoms with E-state index in [-0.39, 0.29) is 12.6 Å². The molecule has 27 heavy (non-hydrogen) atoms. The van der Waals surface area contributed by atoms with Gasteiger partial charge in [-0.15, -0.1) is 0 Å². The first kappa shape index (κ1) is 26.4. The Balaban J connectivity index is 3.25. The molecule has 0 spiro atoms. The fraction of sp³-hybridized carbons (Fsp3) is 0.957. The Morgan fingerprint density at radius 1 is 0.741 bits per heavy atom. The number of carbonyl (C=O) groups excluding carboxylic acids is 1. The van der Waals surface area contributed by atoms with Gasteiger partial charge >= 0.3 is 5.97 Å². The highest BCUT2D eigenvalue weighted by molar-refractivity contribution is 5.69. The number of hydrogen-bond acceptors (Lipinski definition) is 4. The van der Waals surface area contributed by atoms with Crippen LogP contribution in [0.1, 0.15) is 117 Å². The molecule has 0 aromatic rings. The summed E-state index contributed by atoms with van der Waals surface area (Å²) >= 11 is 0. The first-order valence-corrected chi connectivity index (χ1v) is 11.6. The lowest BCUT2D eigenvalue weighted by molar-refractivity contribution is -0.154. The molecule has 0 heterocycles. The lowest BCUT2D eigenvalue weighted by atomic mass is 10.0. The summed E-state index contributed by atoms with van der Waals surface area (Å²) in [7, 11) is 0. The second kappa shape index (κ2) is 21.7. The summed E-state index contributed by atoms with van der Waals surface area (Å²) in [6.07, 6.45) is 19.5. The zero-order chi connectivity index (χ0) is 20.0. The summed E-state index contributed by atoms with van der Waals surface area (Å²) in [4.78, 5) is 11.4. The van der Waals surface area contributed by atoms with Crippen molar-refractivity contribution in [2.45, 2.75) is 123 Å². The van der Waals surface area contributed by atoms with Crippen LogP contribution >= 0.6 is 0 Å². The van der Waals surface area contributed by atoms with E-state index in [1.807, 2.05) is 6.92 Å². The zero-order valence-corrected chi connectivity index (χ0v) is 18.2. The first-order chi connectivity index (χ1) is 13.2. The second-order valence-electron chi connectivity index (χ2n) is 7.72. The minimum atomic E-state index is -0.518. The number of aliphatic hydroxyl groups is 1. The average Bonchev–Trinajstić information content (AvgIpc) is 2.66. The molecule has 0 aromatic heterocycles. The summed E-state index contributed by atoms with van der Waals surface area (Å²) in [6.45, 7) is 5.01. The third-order valence-corrected chi connectivity index (χ3v) is 4.90. The molecular formula is C23H46O4. The predicted molar refractivity (Wildman–Crippen MR) is 113 cm³/mol. The maximum Gasteiger partial charge on any atom is 0.306 e. The first-order valence-electron chi connectivity index (χ1n) is 11.6.